The van der Waals surface area contributed by atoms with Crippen molar-refractivity contribution in [1.82, 2.24) is 5.32 Å². The van der Waals surface area contributed by atoms with Gasteiger partial charge in [0.15, 0.2) is 5.84 Å². The lowest BCUT2D eigenvalue weighted by atomic mass is 10.1. The summed E-state index contributed by atoms with van der Waals surface area (Å²) in [5, 5.41) is 14.2. The molecule has 1 unspecified atom stereocenters. The molecule has 1 aliphatic rings. The number of ether oxygens (including phenoxy) is 1. The van der Waals surface area contributed by atoms with Gasteiger partial charge in [-0.15, -0.1) is 0 Å². The Hall–Kier alpha value is -1.30. The molecule has 1 fully saturated rings. The molecule has 6 nitrogen and oxygen atoms in total. The van der Waals surface area contributed by atoms with E-state index in [9.17, 15) is 4.79 Å². The van der Waals surface area contributed by atoms with Crippen molar-refractivity contribution in [1.29, 1.82) is 0 Å². The van der Waals surface area contributed by atoms with Gasteiger partial charge < -0.3 is 21.0 Å². The lowest BCUT2D eigenvalue weighted by molar-refractivity contribution is -0.123. The van der Waals surface area contributed by atoms with Crippen LogP contribution in [0.25, 0.3) is 0 Å². The second kappa shape index (κ2) is 7.92. The summed E-state index contributed by atoms with van der Waals surface area (Å²) in [6.45, 7) is 2.80. The Morgan fingerprint density at radius 1 is 1.56 bits per heavy atom. The second-order valence-corrected chi connectivity index (χ2v) is 4.55. The van der Waals surface area contributed by atoms with Crippen LogP contribution in [-0.4, -0.2) is 36.2 Å². The number of hydrogen-bond donors (Lipinski definition) is 3. The normalized spacial score (nSPS) is 18.8. The molecule has 0 aliphatic heterocycles. The minimum absolute atomic E-state index is 0.0493. The molecule has 4 N–H and O–H groups in total. The molecular weight excluding hydrogens is 234 g/mol. The number of oxime groups is 1. The van der Waals surface area contributed by atoms with E-state index < -0.39 is 5.92 Å². The number of hydrogen-bond acceptors (Lipinski definition) is 4. The minimum Gasteiger partial charge on any atom is -0.409 e. The Balaban J connectivity index is 2.18. The maximum absolute atomic E-state index is 11.7. The third-order valence-electron chi connectivity index (χ3n) is 3.25. The lowest BCUT2D eigenvalue weighted by Crippen LogP contribution is -2.40. The summed E-state index contributed by atoms with van der Waals surface area (Å²) in [4.78, 5) is 11.7. The van der Waals surface area contributed by atoms with E-state index in [0.29, 0.717) is 25.7 Å². The molecule has 1 amide bonds. The summed E-state index contributed by atoms with van der Waals surface area (Å²) in [6.07, 6.45) is 5.57. The number of amides is 1. The Kier molecular flexibility index (Phi) is 6.49. The van der Waals surface area contributed by atoms with Crippen LogP contribution in [0.15, 0.2) is 5.16 Å². The molecule has 0 aromatic carbocycles. The van der Waals surface area contributed by atoms with Crippen molar-refractivity contribution in [3.8, 4) is 0 Å². The lowest BCUT2D eigenvalue weighted by Gasteiger charge is -2.15. The van der Waals surface area contributed by atoms with Crippen molar-refractivity contribution in [3.63, 3.8) is 0 Å². The zero-order valence-corrected chi connectivity index (χ0v) is 10.9. The average molecular weight is 257 g/mol. The van der Waals surface area contributed by atoms with Crippen LogP contribution >= 0.6 is 0 Å². The molecule has 1 rings (SSSR count). The van der Waals surface area contributed by atoms with Crippen LogP contribution in [-0.2, 0) is 9.53 Å². The predicted octanol–water partition coefficient (Wildman–Crippen LogP) is 0.834. The Labute approximate surface area is 108 Å². The van der Waals surface area contributed by atoms with Crippen LogP contribution in [0.2, 0.25) is 0 Å². The van der Waals surface area contributed by atoms with Gasteiger partial charge in [0.2, 0.25) is 5.91 Å². The molecule has 0 spiro atoms. The molecule has 1 aliphatic carbocycles. The first-order valence-corrected chi connectivity index (χ1v) is 6.55. The summed E-state index contributed by atoms with van der Waals surface area (Å²) in [6, 6.07) is 0. The number of carbonyl (C=O) groups is 1. The van der Waals surface area contributed by atoms with Gasteiger partial charge in [-0.05, 0) is 19.3 Å². The number of nitrogens with one attached hydrogen (secondary N) is 1. The number of nitrogens with zero attached hydrogens (tertiary/aromatic N) is 1. The van der Waals surface area contributed by atoms with Crippen LogP contribution in [0.3, 0.4) is 0 Å². The van der Waals surface area contributed by atoms with Gasteiger partial charge in [-0.25, -0.2) is 0 Å². The first kappa shape index (κ1) is 14.8. The third-order valence-corrected chi connectivity index (χ3v) is 3.25. The van der Waals surface area contributed by atoms with Gasteiger partial charge in [0.25, 0.3) is 0 Å². The summed E-state index contributed by atoms with van der Waals surface area (Å²) < 4.78 is 5.63. The largest absolute Gasteiger partial charge is 0.409 e. The molecule has 0 aromatic heterocycles. The molecular formula is C12H23N3O3. The van der Waals surface area contributed by atoms with Crippen LogP contribution in [0.5, 0.6) is 0 Å². The third kappa shape index (κ3) is 4.52. The Morgan fingerprint density at radius 2 is 2.22 bits per heavy atom. The van der Waals surface area contributed by atoms with E-state index in [-0.39, 0.29) is 11.7 Å². The quantitative estimate of drug-likeness (QED) is 0.207. The zero-order valence-electron chi connectivity index (χ0n) is 10.9. The molecule has 0 radical (unpaired) electrons. The van der Waals surface area contributed by atoms with E-state index in [2.05, 4.69) is 10.5 Å². The highest BCUT2D eigenvalue weighted by atomic mass is 16.5. The van der Waals surface area contributed by atoms with Crippen LogP contribution in [0, 0.1) is 5.92 Å². The van der Waals surface area contributed by atoms with Gasteiger partial charge in [-0.1, -0.05) is 24.9 Å². The summed E-state index contributed by atoms with van der Waals surface area (Å²) in [7, 11) is 0. The van der Waals surface area contributed by atoms with E-state index in [0.717, 1.165) is 12.8 Å². The number of carbonyl (C=O) groups excluding carboxylic acids is 1. The number of rotatable bonds is 7. The van der Waals surface area contributed by atoms with Crippen molar-refractivity contribution in [2.24, 2.45) is 16.8 Å². The van der Waals surface area contributed by atoms with Crippen molar-refractivity contribution >= 4 is 11.7 Å². The first-order chi connectivity index (χ1) is 8.69. The van der Waals surface area contributed by atoms with Crippen molar-refractivity contribution < 1.29 is 14.7 Å². The standard InChI is InChI=1S/C12H23N3O3/c1-2-10(11(13)15-17)12(16)14-7-8-18-9-5-3-4-6-9/h9-10,17H,2-8H2,1H3,(H2,13,15)(H,14,16). The van der Waals surface area contributed by atoms with Gasteiger partial charge >= 0.3 is 0 Å². The maximum Gasteiger partial charge on any atom is 0.230 e. The predicted molar refractivity (Wildman–Crippen MR) is 68.4 cm³/mol. The molecule has 18 heavy (non-hydrogen) atoms. The van der Waals surface area contributed by atoms with Gasteiger partial charge in [0.1, 0.15) is 0 Å². The van der Waals surface area contributed by atoms with E-state index in [1.807, 2.05) is 6.92 Å². The highest BCUT2D eigenvalue weighted by molar-refractivity contribution is 6.01. The van der Waals surface area contributed by atoms with Crippen molar-refractivity contribution in [3.05, 3.63) is 0 Å². The van der Waals surface area contributed by atoms with Crippen LogP contribution in [0.4, 0.5) is 0 Å². The molecule has 0 heterocycles. The molecule has 6 heteroatoms. The molecule has 1 atom stereocenters. The monoisotopic (exact) mass is 257 g/mol. The average Bonchev–Trinajstić information content (AvgIpc) is 2.88. The van der Waals surface area contributed by atoms with E-state index in [1.165, 1.54) is 12.8 Å². The molecule has 0 bridgehead atoms. The molecule has 0 saturated heterocycles. The smallest absolute Gasteiger partial charge is 0.230 e. The summed E-state index contributed by atoms with van der Waals surface area (Å²) >= 11 is 0. The fraction of sp³-hybridized carbons (Fsp3) is 0.833. The maximum atomic E-state index is 11.7. The number of amidine groups is 1. The Morgan fingerprint density at radius 3 is 2.78 bits per heavy atom. The summed E-state index contributed by atoms with van der Waals surface area (Å²) in [5.41, 5.74) is 5.44. The fourth-order valence-corrected chi connectivity index (χ4v) is 2.18. The zero-order chi connectivity index (χ0) is 13.4. The summed E-state index contributed by atoms with van der Waals surface area (Å²) in [5.74, 6) is -0.837. The van der Waals surface area contributed by atoms with E-state index in [1.54, 1.807) is 0 Å². The van der Waals surface area contributed by atoms with Gasteiger partial charge in [-0.2, -0.15) is 0 Å². The molecule has 104 valence electrons. The fourth-order valence-electron chi connectivity index (χ4n) is 2.18. The second-order valence-electron chi connectivity index (χ2n) is 4.55. The van der Waals surface area contributed by atoms with Gasteiger partial charge in [-0.3, -0.25) is 4.79 Å². The van der Waals surface area contributed by atoms with Crippen LogP contribution in [0.1, 0.15) is 39.0 Å². The Bertz CT molecular complexity index is 288. The topological polar surface area (TPSA) is 96.9 Å². The van der Waals surface area contributed by atoms with Crippen molar-refractivity contribution in [2.45, 2.75) is 45.1 Å². The van der Waals surface area contributed by atoms with Gasteiger partial charge in [0, 0.05) is 6.54 Å². The number of nitrogens with two attached hydrogens (primary N) is 1. The highest BCUT2D eigenvalue weighted by Gasteiger charge is 2.21. The van der Waals surface area contributed by atoms with Crippen LogP contribution < -0.4 is 11.1 Å². The van der Waals surface area contributed by atoms with Crippen molar-refractivity contribution in [2.75, 3.05) is 13.2 Å². The first-order valence-electron chi connectivity index (χ1n) is 6.55. The molecule has 1 saturated carbocycles. The minimum atomic E-state index is -0.568. The van der Waals surface area contributed by atoms with E-state index in [4.69, 9.17) is 15.7 Å². The highest BCUT2D eigenvalue weighted by Crippen LogP contribution is 2.20. The molecule has 0 aromatic rings. The SMILES string of the molecule is CCC(C(=O)NCCOC1CCCC1)C(N)=NO. The van der Waals surface area contributed by atoms with Gasteiger partial charge in [0.05, 0.1) is 18.6 Å². The van der Waals surface area contributed by atoms with E-state index >= 15 is 0 Å².